The second-order valence-electron chi connectivity index (χ2n) is 2.82. The molecule has 1 aliphatic rings. The van der Waals surface area contributed by atoms with E-state index in [1.807, 2.05) is 6.08 Å². The molecule has 0 amide bonds. The minimum Gasteiger partial charge on any atom is -0.469 e. The van der Waals surface area contributed by atoms with E-state index < -0.39 is 11.2 Å². The Morgan fingerprint density at radius 1 is 1.29 bits per heavy atom. The first-order valence-corrected chi connectivity index (χ1v) is 5.11. The van der Waals surface area contributed by atoms with Crippen molar-refractivity contribution in [2.45, 2.75) is 11.7 Å². The van der Waals surface area contributed by atoms with E-state index in [0.29, 0.717) is 6.42 Å². The van der Waals surface area contributed by atoms with Gasteiger partial charge in [-0.1, -0.05) is 6.08 Å². The molecule has 0 unspecified atom stereocenters. The van der Waals surface area contributed by atoms with Crippen LogP contribution in [0, 0.1) is 5.92 Å². The van der Waals surface area contributed by atoms with Crippen LogP contribution in [0.5, 0.6) is 0 Å². The third-order valence-electron chi connectivity index (χ3n) is 2.01. The lowest BCUT2D eigenvalue weighted by molar-refractivity contribution is -0.151. The summed E-state index contributed by atoms with van der Waals surface area (Å²) in [5.41, 5.74) is 0. The summed E-state index contributed by atoms with van der Waals surface area (Å²) >= 11 is 1.29. The molecule has 2 atom stereocenters. The number of carbonyl (C=O) groups excluding carboxylic acids is 2. The number of rotatable bonds is 2. The highest BCUT2D eigenvalue weighted by Crippen LogP contribution is 2.30. The molecule has 0 aromatic carbocycles. The van der Waals surface area contributed by atoms with Gasteiger partial charge in [-0.15, -0.1) is 11.8 Å². The van der Waals surface area contributed by atoms with Gasteiger partial charge >= 0.3 is 11.9 Å². The Morgan fingerprint density at radius 3 is 2.50 bits per heavy atom. The van der Waals surface area contributed by atoms with Crippen LogP contribution in [0.2, 0.25) is 0 Å². The number of hydrogen-bond acceptors (Lipinski definition) is 5. The van der Waals surface area contributed by atoms with Crippen molar-refractivity contribution in [3.63, 3.8) is 0 Å². The average molecular weight is 216 g/mol. The summed E-state index contributed by atoms with van der Waals surface area (Å²) in [7, 11) is 2.63. The number of methoxy groups -OCH3 is 2. The smallest absolute Gasteiger partial charge is 0.320 e. The van der Waals surface area contributed by atoms with Crippen LogP contribution in [0.25, 0.3) is 0 Å². The van der Waals surface area contributed by atoms with E-state index in [-0.39, 0.29) is 11.9 Å². The van der Waals surface area contributed by atoms with E-state index in [2.05, 4.69) is 9.47 Å². The van der Waals surface area contributed by atoms with Gasteiger partial charge in [-0.3, -0.25) is 9.59 Å². The molecular formula is C9H12O4S. The molecule has 0 radical (unpaired) electrons. The van der Waals surface area contributed by atoms with Gasteiger partial charge in [-0.2, -0.15) is 0 Å². The standard InChI is InChI=1S/C9H12O4S/c1-12-8(10)6-4-3-5-14-7(6)9(11)13-2/h3,5-7H,4H2,1-2H3/t6-,7-/m0/s1. The number of thioether (sulfide) groups is 1. The summed E-state index contributed by atoms with van der Waals surface area (Å²) in [5, 5.41) is 1.33. The summed E-state index contributed by atoms with van der Waals surface area (Å²) in [6, 6.07) is 0. The van der Waals surface area contributed by atoms with Crippen molar-refractivity contribution in [1.29, 1.82) is 0 Å². The highest BCUT2D eigenvalue weighted by atomic mass is 32.2. The van der Waals surface area contributed by atoms with Crippen LogP contribution in [0.4, 0.5) is 0 Å². The fraction of sp³-hybridized carbons (Fsp3) is 0.556. The largest absolute Gasteiger partial charge is 0.469 e. The molecule has 0 bridgehead atoms. The van der Waals surface area contributed by atoms with Crippen molar-refractivity contribution in [3.8, 4) is 0 Å². The molecule has 0 saturated heterocycles. The quantitative estimate of drug-likeness (QED) is 0.644. The summed E-state index contributed by atoms with van der Waals surface area (Å²) in [6.07, 6.45) is 2.38. The van der Waals surface area contributed by atoms with Crippen molar-refractivity contribution in [3.05, 3.63) is 11.5 Å². The fourth-order valence-corrected chi connectivity index (χ4v) is 2.28. The van der Waals surface area contributed by atoms with E-state index >= 15 is 0 Å². The molecule has 1 rings (SSSR count). The topological polar surface area (TPSA) is 52.6 Å². The zero-order valence-corrected chi connectivity index (χ0v) is 8.87. The van der Waals surface area contributed by atoms with Gasteiger partial charge < -0.3 is 9.47 Å². The molecule has 0 saturated carbocycles. The molecule has 0 aromatic rings. The first-order valence-electron chi connectivity index (χ1n) is 4.16. The summed E-state index contributed by atoms with van der Waals surface area (Å²) in [4.78, 5) is 22.6. The Morgan fingerprint density at radius 2 is 1.93 bits per heavy atom. The van der Waals surface area contributed by atoms with Crippen LogP contribution < -0.4 is 0 Å². The predicted molar refractivity (Wildman–Crippen MR) is 52.7 cm³/mol. The average Bonchev–Trinajstić information content (AvgIpc) is 2.27. The van der Waals surface area contributed by atoms with Gasteiger partial charge in [-0.05, 0) is 11.8 Å². The Labute approximate surface area is 86.6 Å². The Balaban J connectivity index is 2.75. The van der Waals surface area contributed by atoms with Crippen LogP contribution >= 0.6 is 11.8 Å². The van der Waals surface area contributed by atoms with Crippen molar-refractivity contribution in [2.24, 2.45) is 5.92 Å². The Bertz CT molecular complexity index is 236. The number of ether oxygens (including phenoxy) is 2. The fourth-order valence-electron chi connectivity index (χ4n) is 1.27. The van der Waals surface area contributed by atoms with Crippen molar-refractivity contribution >= 4 is 23.7 Å². The number of esters is 2. The summed E-state index contributed by atoms with van der Waals surface area (Å²) in [5.74, 6) is -1.17. The predicted octanol–water partition coefficient (Wildman–Crippen LogP) is 0.968. The molecule has 0 spiro atoms. The Hall–Kier alpha value is -0.970. The van der Waals surface area contributed by atoms with Crippen molar-refractivity contribution in [2.75, 3.05) is 14.2 Å². The van der Waals surface area contributed by atoms with E-state index in [1.54, 1.807) is 5.41 Å². The van der Waals surface area contributed by atoms with Crippen LogP contribution in [-0.2, 0) is 19.1 Å². The lowest BCUT2D eigenvalue weighted by Gasteiger charge is -2.23. The maximum atomic E-state index is 11.3. The zero-order valence-electron chi connectivity index (χ0n) is 8.06. The molecule has 0 fully saturated rings. The minimum absolute atomic E-state index is 0.364. The summed E-state index contributed by atoms with van der Waals surface area (Å²) in [6.45, 7) is 0. The number of allylic oxidation sites excluding steroid dienone is 1. The van der Waals surface area contributed by atoms with Gasteiger partial charge in [0.15, 0.2) is 0 Å². The summed E-state index contributed by atoms with van der Waals surface area (Å²) < 4.78 is 9.23. The van der Waals surface area contributed by atoms with Crippen LogP contribution in [0.15, 0.2) is 11.5 Å². The SMILES string of the molecule is COC(=O)[C@H]1CC=CS[C@@H]1C(=O)OC. The molecule has 14 heavy (non-hydrogen) atoms. The second kappa shape index (κ2) is 5.05. The highest BCUT2D eigenvalue weighted by molar-refractivity contribution is 8.03. The second-order valence-corrected chi connectivity index (χ2v) is 3.87. The van der Waals surface area contributed by atoms with E-state index in [4.69, 9.17) is 0 Å². The van der Waals surface area contributed by atoms with Gasteiger partial charge in [0, 0.05) is 0 Å². The Kier molecular flexibility index (Phi) is 4.00. The van der Waals surface area contributed by atoms with Crippen LogP contribution in [0.1, 0.15) is 6.42 Å². The van der Waals surface area contributed by atoms with Gasteiger partial charge in [-0.25, -0.2) is 0 Å². The van der Waals surface area contributed by atoms with Crippen molar-refractivity contribution in [1.82, 2.24) is 0 Å². The molecule has 0 N–H and O–H groups in total. The van der Waals surface area contributed by atoms with Gasteiger partial charge in [0.2, 0.25) is 0 Å². The molecule has 4 nitrogen and oxygen atoms in total. The first kappa shape index (κ1) is 11.1. The maximum absolute atomic E-state index is 11.3. The van der Waals surface area contributed by atoms with E-state index in [0.717, 1.165) is 0 Å². The molecule has 1 aliphatic heterocycles. The molecule has 1 heterocycles. The molecular weight excluding hydrogens is 204 g/mol. The van der Waals surface area contributed by atoms with Crippen LogP contribution in [-0.4, -0.2) is 31.4 Å². The number of hydrogen-bond donors (Lipinski definition) is 0. The molecule has 78 valence electrons. The highest BCUT2D eigenvalue weighted by Gasteiger charge is 2.36. The third-order valence-corrected chi connectivity index (χ3v) is 3.18. The van der Waals surface area contributed by atoms with Gasteiger partial charge in [0.05, 0.1) is 20.1 Å². The van der Waals surface area contributed by atoms with Crippen LogP contribution in [0.3, 0.4) is 0 Å². The molecule has 0 aliphatic carbocycles. The van der Waals surface area contributed by atoms with Gasteiger partial charge in [0.25, 0.3) is 0 Å². The van der Waals surface area contributed by atoms with Gasteiger partial charge in [0.1, 0.15) is 5.25 Å². The molecule has 0 aromatic heterocycles. The monoisotopic (exact) mass is 216 g/mol. The third kappa shape index (κ3) is 2.29. The van der Waals surface area contributed by atoms with E-state index in [1.165, 1.54) is 26.0 Å². The number of carbonyl (C=O) groups is 2. The first-order chi connectivity index (χ1) is 6.70. The lowest BCUT2D eigenvalue weighted by Crippen LogP contribution is -2.34. The minimum atomic E-state index is -0.475. The van der Waals surface area contributed by atoms with Crippen molar-refractivity contribution < 1.29 is 19.1 Å². The maximum Gasteiger partial charge on any atom is 0.320 e. The zero-order chi connectivity index (χ0) is 10.6. The van der Waals surface area contributed by atoms with E-state index in [9.17, 15) is 9.59 Å². The lowest BCUT2D eigenvalue weighted by atomic mass is 10.0. The molecule has 5 heteroatoms. The normalized spacial score (nSPS) is 25.6.